The van der Waals surface area contributed by atoms with Gasteiger partial charge in [0.15, 0.2) is 0 Å². The van der Waals surface area contributed by atoms with Gasteiger partial charge in [-0.3, -0.25) is 0 Å². The number of rotatable bonds is 2. The first-order chi connectivity index (χ1) is 9.31. The highest BCUT2D eigenvalue weighted by atomic mass is 35.5. The molecule has 10 heteroatoms. The van der Waals surface area contributed by atoms with Crippen molar-refractivity contribution in [2.75, 3.05) is 6.61 Å². The molecule has 0 saturated heterocycles. The Labute approximate surface area is 136 Å². The van der Waals surface area contributed by atoms with Crippen LogP contribution in [0.3, 0.4) is 0 Å². The topological polar surface area (TPSA) is 94.1 Å². The molecule has 106 valence electrons. The largest absolute Gasteiger partial charge is 0.694 e. The first-order valence-corrected chi connectivity index (χ1v) is 7.41. The molecule has 1 aromatic rings. The Bertz CT molecular complexity index is 569. The van der Waals surface area contributed by atoms with Gasteiger partial charge >= 0.3 is 8.25 Å². The third-order valence-corrected chi connectivity index (χ3v) is 3.91. The van der Waals surface area contributed by atoms with E-state index in [1.165, 1.54) is 0 Å². The zero-order valence-electron chi connectivity index (χ0n) is 9.82. The fourth-order valence-corrected chi connectivity index (χ4v) is 2.23. The highest BCUT2D eigenvalue weighted by Gasteiger charge is 2.19. The van der Waals surface area contributed by atoms with Crippen molar-refractivity contribution in [2.45, 2.75) is 6.92 Å². The Morgan fingerprint density at radius 3 is 1.65 bits per heavy atom. The van der Waals surface area contributed by atoms with Gasteiger partial charge in [-0.05, 0) is 6.92 Å². The van der Waals surface area contributed by atoms with E-state index in [9.17, 15) is 4.57 Å². The van der Waals surface area contributed by atoms with Crippen molar-refractivity contribution >= 4 is 54.7 Å². The molecular weight excluding hydrogens is 369 g/mol. The SMILES string of the molecule is CCO[P+](=O)O.N#Cc1c(Cl)c(Cl)c(Cl)c(C#N)c1Cl. The summed E-state index contributed by atoms with van der Waals surface area (Å²) in [6, 6.07) is 3.50. The third kappa shape index (κ3) is 5.05. The summed E-state index contributed by atoms with van der Waals surface area (Å²) in [5.41, 5.74) is -0.0847. The molecule has 0 aliphatic rings. The predicted octanol–water partition coefficient (Wildman–Crippen LogP) is 4.72. The van der Waals surface area contributed by atoms with Gasteiger partial charge < -0.3 is 0 Å². The van der Waals surface area contributed by atoms with Crippen molar-refractivity contribution in [3.8, 4) is 12.1 Å². The molecule has 1 unspecified atom stereocenters. The van der Waals surface area contributed by atoms with Gasteiger partial charge in [0.1, 0.15) is 18.7 Å². The van der Waals surface area contributed by atoms with E-state index in [1.807, 2.05) is 0 Å². The van der Waals surface area contributed by atoms with Crippen LogP contribution in [-0.4, -0.2) is 11.5 Å². The van der Waals surface area contributed by atoms with Crippen LogP contribution < -0.4 is 0 Å². The van der Waals surface area contributed by atoms with Crippen molar-refractivity contribution in [2.24, 2.45) is 0 Å². The number of hydrogen-bond acceptors (Lipinski definition) is 4. The lowest BCUT2D eigenvalue weighted by Gasteiger charge is -2.05. The zero-order chi connectivity index (χ0) is 15.9. The Hall–Kier alpha value is -0.620. The van der Waals surface area contributed by atoms with Crippen LogP contribution in [0.4, 0.5) is 0 Å². The molecule has 0 heterocycles. The Morgan fingerprint density at radius 1 is 1.05 bits per heavy atom. The van der Waals surface area contributed by atoms with Crippen LogP contribution in [0.25, 0.3) is 0 Å². The first kappa shape index (κ1) is 19.4. The molecule has 1 N–H and O–H groups in total. The fraction of sp³-hybridized carbons (Fsp3) is 0.200. The van der Waals surface area contributed by atoms with Crippen molar-refractivity contribution < 1.29 is 14.0 Å². The maximum absolute atomic E-state index is 9.53. The smallest absolute Gasteiger partial charge is 0.192 e. The molecule has 0 radical (unpaired) electrons. The van der Waals surface area contributed by atoms with Crippen molar-refractivity contribution in [3.63, 3.8) is 0 Å². The van der Waals surface area contributed by atoms with Gasteiger partial charge in [-0.25, -0.2) is 0 Å². The van der Waals surface area contributed by atoms with Crippen LogP contribution in [0.15, 0.2) is 0 Å². The highest BCUT2D eigenvalue weighted by molar-refractivity contribution is 7.32. The van der Waals surface area contributed by atoms with Crippen LogP contribution in [0.5, 0.6) is 0 Å². The summed E-state index contributed by atoms with van der Waals surface area (Å²) in [6.07, 6.45) is 0. The summed E-state index contributed by atoms with van der Waals surface area (Å²) >= 11 is 22.8. The van der Waals surface area contributed by atoms with Gasteiger partial charge in [-0.15, -0.1) is 9.42 Å². The molecule has 0 aliphatic carbocycles. The van der Waals surface area contributed by atoms with E-state index in [-0.39, 0.29) is 31.2 Å². The molecular formula is C10H6Cl4N2O3P+. The molecule has 1 aromatic carbocycles. The predicted molar refractivity (Wildman–Crippen MR) is 77.4 cm³/mol. The van der Waals surface area contributed by atoms with Gasteiger partial charge in [0.05, 0.1) is 31.2 Å². The van der Waals surface area contributed by atoms with Crippen molar-refractivity contribution in [1.82, 2.24) is 0 Å². The summed E-state index contributed by atoms with van der Waals surface area (Å²) in [7, 11) is -2.35. The molecule has 1 rings (SSSR count). The average molecular weight is 375 g/mol. The van der Waals surface area contributed by atoms with Gasteiger partial charge in [0, 0.05) is 4.57 Å². The molecule has 0 spiro atoms. The lowest BCUT2D eigenvalue weighted by molar-refractivity contribution is 0.297. The van der Waals surface area contributed by atoms with E-state index in [0.717, 1.165) is 0 Å². The van der Waals surface area contributed by atoms with Crippen LogP contribution in [0.2, 0.25) is 20.1 Å². The van der Waals surface area contributed by atoms with Crippen LogP contribution in [0, 0.1) is 22.7 Å². The second kappa shape index (κ2) is 9.34. The molecule has 0 aliphatic heterocycles. The minimum absolute atomic E-state index is 0.0363. The second-order valence-electron chi connectivity index (χ2n) is 2.89. The van der Waals surface area contributed by atoms with Gasteiger partial charge in [0.2, 0.25) is 0 Å². The molecule has 0 saturated carbocycles. The van der Waals surface area contributed by atoms with E-state index >= 15 is 0 Å². The van der Waals surface area contributed by atoms with E-state index in [0.29, 0.717) is 6.61 Å². The lowest BCUT2D eigenvalue weighted by Crippen LogP contribution is -1.89. The molecule has 5 nitrogen and oxygen atoms in total. The van der Waals surface area contributed by atoms with Crippen molar-refractivity contribution in [1.29, 1.82) is 10.5 Å². The summed E-state index contributed by atoms with van der Waals surface area (Å²) in [4.78, 5) is 7.84. The summed E-state index contributed by atoms with van der Waals surface area (Å²) in [5, 5.41) is 17.2. The quantitative estimate of drug-likeness (QED) is 0.459. The van der Waals surface area contributed by atoms with Gasteiger partial charge in [-0.1, -0.05) is 46.4 Å². The standard InChI is InChI=1S/C8Cl4N2.C2H5O3P/c9-5-3(1-13)6(10)8(12)7(11)4(5)2-14;1-2-5-6(3)4/h;2H2,1H3/p+1. The number of nitrogens with zero attached hydrogens (tertiary/aromatic N) is 2. The third-order valence-electron chi connectivity index (χ3n) is 1.73. The van der Waals surface area contributed by atoms with E-state index in [4.69, 9.17) is 61.8 Å². The normalized spacial score (nSPS) is 9.90. The molecule has 0 amide bonds. The second-order valence-corrected chi connectivity index (χ2v) is 5.13. The summed E-state index contributed by atoms with van der Waals surface area (Å²) in [5.74, 6) is 0. The maximum Gasteiger partial charge on any atom is 0.694 e. The molecule has 1 atom stereocenters. The van der Waals surface area contributed by atoms with E-state index < -0.39 is 8.25 Å². The monoisotopic (exact) mass is 373 g/mol. The zero-order valence-corrected chi connectivity index (χ0v) is 13.7. The molecule has 0 bridgehead atoms. The summed E-state index contributed by atoms with van der Waals surface area (Å²) < 4.78 is 13.6. The molecule has 0 aromatic heterocycles. The van der Waals surface area contributed by atoms with Gasteiger partial charge in [0.25, 0.3) is 0 Å². The van der Waals surface area contributed by atoms with Crippen LogP contribution in [0.1, 0.15) is 18.1 Å². The van der Waals surface area contributed by atoms with Crippen LogP contribution >= 0.6 is 54.7 Å². The number of benzene rings is 1. The minimum atomic E-state index is -2.35. The Balaban J connectivity index is 0.000000511. The van der Waals surface area contributed by atoms with E-state index in [2.05, 4.69) is 4.52 Å². The van der Waals surface area contributed by atoms with Crippen molar-refractivity contribution in [3.05, 3.63) is 31.2 Å². The lowest BCUT2D eigenvalue weighted by atomic mass is 10.1. The Morgan fingerprint density at radius 2 is 1.45 bits per heavy atom. The minimum Gasteiger partial charge on any atom is -0.192 e. The Kier molecular flexibility index (Phi) is 9.05. The van der Waals surface area contributed by atoms with E-state index in [1.54, 1.807) is 19.1 Å². The average Bonchev–Trinajstić information content (AvgIpc) is 2.38. The molecule has 20 heavy (non-hydrogen) atoms. The number of hydrogen-bond donors (Lipinski definition) is 1. The fourth-order valence-electron chi connectivity index (χ4n) is 0.940. The maximum atomic E-state index is 9.53. The molecule has 0 fully saturated rings. The van der Waals surface area contributed by atoms with Crippen LogP contribution in [-0.2, 0) is 9.09 Å². The number of nitriles is 2. The highest BCUT2D eigenvalue weighted by Crippen LogP contribution is 2.40. The number of halogens is 4. The summed E-state index contributed by atoms with van der Waals surface area (Å²) in [6.45, 7) is 1.95. The van der Waals surface area contributed by atoms with Gasteiger partial charge in [-0.2, -0.15) is 10.5 Å². The first-order valence-electron chi connectivity index (χ1n) is 4.76.